The van der Waals surface area contributed by atoms with Gasteiger partial charge in [-0.3, -0.25) is 0 Å². The van der Waals surface area contributed by atoms with Crippen LogP contribution in [-0.2, 0) is 10.0 Å². The summed E-state index contributed by atoms with van der Waals surface area (Å²) >= 11 is 5.81. The number of hydrogen-bond donors (Lipinski definition) is 0. The van der Waals surface area contributed by atoms with Crippen LogP contribution in [0.3, 0.4) is 0 Å². The van der Waals surface area contributed by atoms with Crippen LogP contribution < -0.4 is 9.47 Å². The first-order valence-electron chi connectivity index (χ1n) is 6.57. The monoisotopic (exact) mass is 317 g/mol. The standard InChI is InChI=1S/C13H16ClNO4S/c14-8-10-3-4-15(9-10)20(16,17)11-1-2-12-13(7-11)19-6-5-18-12/h1-2,7,10H,3-6,8-9H2. The highest BCUT2D eigenvalue weighted by Crippen LogP contribution is 2.34. The van der Waals surface area contributed by atoms with E-state index < -0.39 is 10.0 Å². The van der Waals surface area contributed by atoms with Crippen LogP contribution in [0.4, 0.5) is 0 Å². The average Bonchev–Trinajstić information content (AvgIpc) is 2.96. The van der Waals surface area contributed by atoms with E-state index in [1.807, 2.05) is 0 Å². The van der Waals surface area contributed by atoms with E-state index in [1.165, 1.54) is 10.4 Å². The first-order chi connectivity index (χ1) is 9.61. The normalized spacial score (nSPS) is 22.9. The first-order valence-corrected chi connectivity index (χ1v) is 8.54. The smallest absolute Gasteiger partial charge is 0.243 e. The molecule has 1 fully saturated rings. The number of nitrogens with zero attached hydrogens (tertiary/aromatic N) is 1. The summed E-state index contributed by atoms with van der Waals surface area (Å²) in [5.41, 5.74) is 0. The van der Waals surface area contributed by atoms with Crippen LogP contribution in [0.5, 0.6) is 11.5 Å². The number of ether oxygens (including phenoxy) is 2. The van der Waals surface area contributed by atoms with Gasteiger partial charge in [-0.2, -0.15) is 4.31 Å². The molecule has 1 atom stereocenters. The van der Waals surface area contributed by atoms with E-state index in [-0.39, 0.29) is 10.8 Å². The van der Waals surface area contributed by atoms with Crippen molar-refractivity contribution >= 4 is 21.6 Å². The lowest BCUT2D eigenvalue weighted by atomic mass is 10.2. The lowest BCUT2D eigenvalue weighted by Gasteiger charge is -2.21. The van der Waals surface area contributed by atoms with Crippen LogP contribution in [0, 0.1) is 5.92 Å². The molecule has 3 rings (SSSR count). The quantitative estimate of drug-likeness (QED) is 0.796. The van der Waals surface area contributed by atoms with E-state index in [9.17, 15) is 8.42 Å². The highest BCUT2D eigenvalue weighted by molar-refractivity contribution is 7.89. The minimum Gasteiger partial charge on any atom is -0.486 e. The molecule has 1 unspecified atom stereocenters. The summed E-state index contributed by atoms with van der Waals surface area (Å²) in [6.45, 7) is 1.94. The molecule has 2 heterocycles. The van der Waals surface area contributed by atoms with Crippen molar-refractivity contribution in [1.29, 1.82) is 0 Å². The van der Waals surface area contributed by atoms with Gasteiger partial charge >= 0.3 is 0 Å². The molecule has 1 saturated heterocycles. The molecule has 0 amide bonds. The van der Waals surface area contributed by atoms with Gasteiger partial charge < -0.3 is 9.47 Å². The fourth-order valence-corrected chi connectivity index (χ4v) is 4.27. The second-order valence-corrected chi connectivity index (χ2v) is 7.22. The van der Waals surface area contributed by atoms with Gasteiger partial charge in [0.25, 0.3) is 0 Å². The second-order valence-electron chi connectivity index (χ2n) is 4.98. The lowest BCUT2D eigenvalue weighted by molar-refractivity contribution is 0.171. The van der Waals surface area contributed by atoms with Crippen LogP contribution in [0.15, 0.2) is 23.1 Å². The third-order valence-corrected chi connectivity index (χ3v) is 5.92. The molecule has 20 heavy (non-hydrogen) atoms. The predicted octanol–water partition coefficient (Wildman–Crippen LogP) is 1.71. The van der Waals surface area contributed by atoms with Gasteiger partial charge in [0.15, 0.2) is 11.5 Å². The zero-order valence-corrected chi connectivity index (χ0v) is 12.5. The van der Waals surface area contributed by atoms with Crippen LogP contribution in [0.1, 0.15) is 6.42 Å². The van der Waals surface area contributed by atoms with E-state index in [0.717, 1.165) is 6.42 Å². The summed E-state index contributed by atoms with van der Waals surface area (Å²) in [6, 6.07) is 4.76. The van der Waals surface area contributed by atoms with Gasteiger partial charge in [-0.05, 0) is 24.5 Å². The van der Waals surface area contributed by atoms with Crippen LogP contribution in [0.2, 0.25) is 0 Å². The van der Waals surface area contributed by atoms with Gasteiger partial charge in [-0.1, -0.05) is 0 Å². The highest BCUT2D eigenvalue weighted by Gasteiger charge is 2.32. The van der Waals surface area contributed by atoms with Gasteiger partial charge in [-0.25, -0.2) is 8.42 Å². The summed E-state index contributed by atoms with van der Waals surface area (Å²) < 4.78 is 37.5. The maximum absolute atomic E-state index is 12.6. The highest BCUT2D eigenvalue weighted by atomic mass is 35.5. The molecule has 1 aromatic carbocycles. The van der Waals surface area contributed by atoms with Crippen molar-refractivity contribution in [2.75, 3.05) is 32.2 Å². The zero-order chi connectivity index (χ0) is 14.2. The first kappa shape index (κ1) is 14.0. The van der Waals surface area contributed by atoms with Crippen molar-refractivity contribution in [3.63, 3.8) is 0 Å². The largest absolute Gasteiger partial charge is 0.486 e. The molecule has 110 valence electrons. The minimum absolute atomic E-state index is 0.239. The number of alkyl halides is 1. The average molecular weight is 318 g/mol. The van der Waals surface area contributed by atoms with Gasteiger partial charge in [0.1, 0.15) is 13.2 Å². The Hall–Kier alpha value is -0.980. The lowest BCUT2D eigenvalue weighted by Crippen LogP contribution is -2.29. The van der Waals surface area contributed by atoms with E-state index in [2.05, 4.69) is 0 Å². The van der Waals surface area contributed by atoms with Crippen molar-refractivity contribution in [3.8, 4) is 11.5 Å². The molecule has 0 radical (unpaired) electrons. The minimum atomic E-state index is -3.48. The Bertz CT molecular complexity index is 604. The van der Waals surface area contributed by atoms with Gasteiger partial charge in [0.2, 0.25) is 10.0 Å². The number of fused-ring (bicyclic) bond motifs is 1. The van der Waals surface area contributed by atoms with Crippen LogP contribution in [-0.4, -0.2) is 44.9 Å². The summed E-state index contributed by atoms with van der Waals surface area (Å²) in [6.07, 6.45) is 0.813. The molecular weight excluding hydrogens is 302 g/mol. The topological polar surface area (TPSA) is 55.8 Å². The van der Waals surface area contributed by atoms with Gasteiger partial charge in [-0.15, -0.1) is 11.6 Å². The Morgan fingerprint density at radius 2 is 2.00 bits per heavy atom. The molecule has 5 nitrogen and oxygen atoms in total. The molecule has 2 aliphatic rings. The molecule has 0 aromatic heterocycles. The third-order valence-electron chi connectivity index (χ3n) is 3.62. The predicted molar refractivity (Wildman–Crippen MR) is 75.0 cm³/mol. The van der Waals surface area contributed by atoms with E-state index in [0.29, 0.717) is 43.7 Å². The van der Waals surface area contributed by atoms with Crippen LogP contribution >= 0.6 is 11.6 Å². The van der Waals surface area contributed by atoms with Crippen molar-refractivity contribution < 1.29 is 17.9 Å². The Morgan fingerprint density at radius 3 is 2.70 bits per heavy atom. The summed E-state index contributed by atoms with van der Waals surface area (Å²) in [5, 5.41) is 0. The Labute approximate surface area is 123 Å². The summed E-state index contributed by atoms with van der Waals surface area (Å²) in [5.74, 6) is 1.82. The maximum atomic E-state index is 12.6. The van der Waals surface area contributed by atoms with Crippen molar-refractivity contribution in [2.24, 2.45) is 5.92 Å². The number of benzene rings is 1. The Balaban J connectivity index is 1.88. The molecule has 0 aliphatic carbocycles. The third kappa shape index (κ3) is 2.47. The SMILES string of the molecule is O=S(=O)(c1ccc2c(c1)OCCO2)N1CCC(CCl)C1. The molecule has 7 heteroatoms. The van der Waals surface area contributed by atoms with E-state index in [4.69, 9.17) is 21.1 Å². The molecule has 0 spiro atoms. The Kier molecular flexibility index (Phi) is 3.79. The fraction of sp³-hybridized carbons (Fsp3) is 0.538. The van der Waals surface area contributed by atoms with E-state index in [1.54, 1.807) is 12.1 Å². The second kappa shape index (κ2) is 5.42. The number of rotatable bonds is 3. The van der Waals surface area contributed by atoms with E-state index >= 15 is 0 Å². The molecular formula is C13H16ClNO4S. The number of halogens is 1. The number of hydrogen-bond acceptors (Lipinski definition) is 4. The molecule has 0 saturated carbocycles. The van der Waals surface area contributed by atoms with Crippen molar-refractivity contribution in [3.05, 3.63) is 18.2 Å². The zero-order valence-electron chi connectivity index (χ0n) is 10.9. The Morgan fingerprint density at radius 1 is 1.25 bits per heavy atom. The van der Waals surface area contributed by atoms with Crippen molar-refractivity contribution in [1.82, 2.24) is 4.31 Å². The summed E-state index contributed by atoms with van der Waals surface area (Å²) in [7, 11) is -3.48. The number of sulfonamides is 1. The maximum Gasteiger partial charge on any atom is 0.243 e. The van der Waals surface area contributed by atoms with Gasteiger partial charge in [0.05, 0.1) is 4.90 Å². The molecule has 2 aliphatic heterocycles. The molecule has 0 N–H and O–H groups in total. The molecule has 0 bridgehead atoms. The van der Waals surface area contributed by atoms with Crippen molar-refractivity contribution in [2.45, 2.75) is 11.3 Å². The molecule has 1 aromatic rings. The summed E-state index contributed by atoms with van der Waals surface area (Å²) in [4.78, 5) is 0.247. The van der Waals surface area contributed by atoms with Gasteiger partial charge in [0, 0.05) is 25.0 Å². The van der Waals surface area contributed by atoms with Crippen LogP contribution in [0.25, 0.3) is 0 Å². The fourth-order valence-electron chi connectivity index (χ4n) is 2.47.